The molecule has 3 heterocycles. The fourth-order valence-corrected chi connectivity index (χ4v) is 2.94. The normalized spacial score (nSPS) is 10.8. The molecule has 0 radical (unpaired) electrons. The maximum Gasteiger partial charge on any atom is 0.195 e. The van der Waals surface area contributed by atoms with E-state index in [1.807, 2.05) is 35.9 Å². The van der Waals surface area contributed by atoms with Gasteiger partial charge in [-0.25, -0.2) is 4.98 Å². The van der Waals surface area contributed by atoms with Crippen LogP contribution in [0.4, 0.5) is 0 Å². The highest BCUT2D eigenvalue weighted by molar-refractivity contribution is 7.71. The zero-order chi connectivity index (χ0) is 13.2. The Morgan fingerprint density at radius 3 is 3.00 bits per heavy atom. The first-order valence-corrected chi connectivity index (χ1v) is 7.05. The van der Waals surface area contributed by atoms with E-state index in [0.29, 0.717) is 4.77 Å². The van der Waals surface area contributed by atoms with Crippen LogP contribution in [-0.2, 0) is 6.54 Å². The van der Waals surface area contributed by atoms with E-state index < -0.39 is 0 Å². The molecule has 0 aromatic carbocycles. The standard InChI is InChI=1S/C12H11N5S2/c1-2-17-10(15-16-12(17)18)9-7-14-11(19-9)8-5-3-4-6-13-8/h3-7H,2H2,1H3,(H,16,18). The van der Waals surface area contributed by atoms with Gasteiger partial charge in [0.15, 0.2) is 10.6 Å². The Kier molecular flexibility index (Phi) is 3.22. The minimum atomic E-state index is 0.630. The molecule has 19 heavy (non-hydrogen) atoms. The van der Waals surface area contributed by atoms with Crippen LogP contribution in [-0.4, -0.2) is 24.7 Å². The van der Waals surface area contributed by atoms with Gasteiger partial charge in [-0.3, -0.25) is 14.6 Å². The maximum atomic E-state index is 5.19. The summed E-state index contributed by atoms with van der Waals surface area (Å²) < 4.78 is 2.58. The first kappa shape index (κ1) is 12.2. The summed E-state index contributed by atoms with van der Waals surface area (Å²) in [6.07, 6.45) is 3.57. The third-order valence-electron chi connectivity index (χ3n) is 2.68. The van der Waals surface area contributed by atoms with Crippen LogP contribution >= 0.6 is 23.6 Å². The second-order valence-corrected chi connectivity index (χ2v) is 5.26. The third kappa shape index (κ3) is 2.22. The second kappa shape index (κ2) is 5.02. The Morgan fingerprint density at radius 2 is 2.26 bits per heavy atom. The lowest BCUT2D eigenvalue weighted by Gasteiger charge is -1.99. The van der Waals surface area contributed by atoms with E-state index in [0.717, 1.165) is 27.9 Å². The SMILES string of the molecule is CCn1c(-c2cnc(-c3ccccn3)s2)n[nH]c1=S. The molecule has 5 nitrogen and oxygen atoms in total. The molecule has 0 bridgehead atoms. The first-order chi connectivity index (χ1) is 9.29. The molecule has 3 aromatic heterocycles. The number of hydrogen-bond donors (Lipinski definition) is 1. The monoisotopic (exact) mass is 289 g/mol. The molecule has 0 aliphatic rings. The van der Waals surface area contributed by atoms with Gasteiger partial charge in [0.2, 0.25) is 0 Å². The van der Waals surface area contributed by atoms with Crippen LogP contribution < -0.4 is 0 Å². The van der Waals surface area contributed by atoms with Crippen molar-refractivity contribution in [3.8, 4) is 21.4 Å². The van der Waals surface area contributed by atoms with Crippen LogP contribution in [0.25, 0.3) is 21.4 Å². The summed E-state index contributed by atoms with van der Waals surface area (Å²) >= 11 is 6.75. The van der Waals surface area contributed by atoms with E-state index >= 15 is 0 Å². The largest absolute Gasteiger partial charge is 0.300 e. The van der Waals surface area contributed by atoms with Crippen LogP contribution in [0.15, 0.2) is 30.6 Å². The summed E-state index contributed by atoms with van der Waals surface area (Å²) in [7, 11) is 0. The fraction of sp³-hybridized carbons (Fsp3) is 0.167. The van der Waals surface area contributed by atoms with Crippen molar-refractivity contribution in [2.24, 2.45) is 0 Å². The molecule has 0 amide bonds. The number of hydrogen-bond acceptors (Lipinski definition) is 5. The molecule has 7 heteroatoms. The molecule has 0 aliphatic heterocycles. The predicted octanol–water partition coefficient (Wildman–Crippen LogP) is 3.15. The lowest BCUT2D eigenvalue weighted by molar-refractivity contribution is 0.756. The lowest BCUT2D eigenvalue weighted by atomic mass is 10.4. The van der Waals surface area contributed by atoms with E-state index in [-0.39, 0.29) is 0 Å². The van der Waals surface area contributed by atoms with Crippen LogP contribution in [0.5, 0.6) is 0 Å². The summed E-state index contributed by atoms with van der Waals surface area (Å²) in [6.45, 7) is 2.82. The molecule has 0 saturated heterocycles. The molecule has 0 aliphatic carbocycles. The maximum absolute atomic E-state index is 5.19. The molecule has 0 saturated carbocycles. The predicted molar refractivity (Wildman–Crippen MR) is 77.4 cm³/mol. The lowest BCUT2D eigenvalue weighted by Crippen LogP contribution is -1.96. The van der Waals surface area contributed by atoms with Gasteiger partial charge in [-0.1, -0.05) is 6.07 Å². The Labute approximate surface area is 119 Å². The molecule has 0 unspecified atom stereocenters. The van der Waals surface area contributed by atoms with Gasteiger partial charge in [-0.15, -0.1) is 11.3 Å². The van der Waals surface area contributed by atoms with Crippen molar-refractivity contribution in [3.63, 3.8) is 0 Å². The van der Waals surface area contributed by atoms with E-state index in [1.54, 1.807) is 17.5 Å². The highest BCUT2D eigenvalue weighted by Crippen LogP contribution is 2.29. The number of aromatic amines is 1. The number of rotatable bonds is 3. The smallest absolute Gasteiger partial charge is 0.195 e. The Bertz CT molecular complexity index is 741. The zero-order valence-electron chi connectivity index (χ0n) is 10.2. The van der Waals surface area contributed by atoms with Gasteiger partial charge in [-0.05, 0) is 31.3 Å². The van der Waals surface area contributed by atoms with E-state index in [1.165, 1.54) is 0 Å². The Hall–Kier alpha value is -1.86. The number of nitrogens with zero attached hydrogens (tertiary/aromatic N) is 4. The molecule has 3 aromatic rings. The quantitative estimate of drug-likeness (QED) is 0.752. The molecule has 0 spiro atoms. The molecule has 0 fully saturated rings. The highest BCUT2D eigenvalue weighted by atomic mass is 32.1. The van der Waals surface area contributed by atoms with Crippen molar-refractivity contribution in [3.05, 3.63) is 35.4 Å². The average molecular weight is 289 g/mol. The summed E-state index contributed by atoms with van der Waals surface area (Å²) in [5, 5.41) is 7.96. The van der Waals surface area contributed by atoms with Gasteiger partial charge in [0.1, 0.15) is 5.01 Å². The molecular weight excluding hydrogens is 278 g/mol. The van der Waals surface area contributed by atoms with Gasteiger partial charge in [-0.2, -0.15) is 5.10 Å². The topological polar surface area (TPSA) is 59.4 Å². The summed E-state index contributed by atoms with van der Waals surface area (Å²) in [5.74, 6) is 0.826. The number of pyridine rings is 1. The van der Waals surface area contributed by atoms with Crippen LogP contribution in [0.1, 0.15) is 6.92 Å². The summed E-state index contributed by atoms with van der Waals surface area (Å²) in [6, 6.07) is 5.78. The van der Waals surface area contributed by atoms with Gasteiger partial charge >= 0.3 is 0 Å². The van der Waals surface area contributed by atoms with Gasteiger partial charge in [0.05, 0.1) is 10.6 Å². The minimum absolute atomic E-state index is 0.630. The van der Waals surface area contributed by atoms with Gasteiger partial charge in [0, 0.05) is 18.9 Å². The van der Waals surface area contributed by atoms with Crippen molar-refractivity contribution in [1.29, 1.82) is 0 Å². The zero-order valence-corrected chi connectivity index (χ0v) is 11.8. The number of thiazole rings is 1. The molecule has 96 valence electrons. The van der Waals surface area contributed by atoms with Gasteiger partial charge in [0.25, 0.3) is 0 Å². The van der Waals surface area contributed by atoms with E-state index in [2.05, 4.69) is 20.2 Å². The molecule has 0 atom stereocenters. The molecule has 3 rings (SSSR count). The first-order valence-electron chi connectivity index (χ1n) is 5.82. The molecule has 1 N–H and O–H groups in total. The minimum Gasteiger partial charge on any atom is -0.300 e. The number of aromatic nitrogens is 5. The second-order valence-electron chi connectivity index (χ2n) is 3.84. The van der Waals surface area contributed by atoms with E-state index in [9.17, 15) is 0 Å². The molecular formula is C12H11N5S2. The van der Waals surface area contributed by atoms with Crippen molar-refractivity contribution >= 4 is 23.6 Å². The fourth-order valence-electron chi connectivity index (χ4n) is 1.78. The van der Waals surface area contributed by atoms with Gasteiger partial charge < -0.3 is 0 Å². The van der Waals surface area contributed by atoms with Crippen molar-refractivity contribution < 1.29 is 0 Å². The van der Waals surface area contributed by atoms with E-state index in [4.69, 9.17) is 12.2 Å². The van der Waals surface area contributed by atoms with Crippen LogP contribution in [0, 0.1) is 4.77 Å². The highest BCUT2D eigenvalue weighted by Gasteiger charge is 2.12. The summed E-state index contributed by atoms with van der Waals surface area (Å²) in [4.78, 5) is 9.68. The number of nitrogens with one attached hydrogen (secondary N) is 1. The average Bonchev–Trinajstić information content (AvgIpc) is 3.06. The Balaban J connectivity index is 2.04. The van der Waals surface area contributed by atoms with Crippen LogP contribution in [0.2, 0.25) is 0 Å². The Morgan fingerprint density at radius 1 is 1.37 bits per heavy atom. The van der Waals surface area contributed by atoms with Crippen molar-refractivity contribution in [2.75, 3.05) is 0 Å². The van der Waals surface area contributed by atoms with Crippen molar-refractivity contribution in [2.45, 2.75) is 13.5 Å². The number of H-pyrrole nitrogens is 1. The third-order valence-corrected chi connectivity index (χ3v) is 4.01. The van der Waals surface area contributed by atoms with Crippen molar-refractivity contribution in [1.82, 2.24) is 24.7 Å². The summed E-state index contributed by atoms with van der Waals surface area (Å²) in [5.41, 5.74) is 0.871. The van der Waals surface area contributed by atoms with Crippen LogP contribution in [0.3, 0.4) is 0 Å².